The van der Waals surface area contributed by atoms with Crippen molar-refractivity contribution in [2.75, 3.05) is 0 Å². The van der Waals surface area contributed by atoms with Crippen molar-refractivity contribution in [1.82, 2.24) is 20.3 Å². The molecule has 3 heterocycles. The van der Waals surface area contributed by atoms with Crippen LogP contribution in [0.15, 0.2) is 102 Å². The number of para-hydroxylation sites is 1. The molecule has 1 unspecified atom stereocenters. The Labute approximate surface area is 221 Å². The minimum absolute atomic E-state index is 0.0208. The lowest BCUT2D eigenvalue weighted by molar-refractivity contribution is 0.657. The number of benzene rings is 3. The summed E-state index contributed by atoms with van der Waals surface area (Å²) in [6.07, 6.45) is 1.83. The van der Waals surface area contributed by atoms with E-state index in [0.29, 0.717) is 0 Å². The van der Waals surface area contributed by atoms with Crippen LogP contribution in [0.5, 0.6) is 0 Å². The summed E-state index contributed by atoms with van der Waals surface area (Å²) in [4.78, 5) is 5.07. The van der Waals surface area contributed by atoms with Crippen LogP contribution >= 0.6 is 11.8 Å². The van der Waals surface area contributed by atoms with E-state index in [1.807, 2.05) is 24.4 Å². The van der Waals surface area contributed by atoms with Crippen molar-refractivity contribution in [1.29, 1.82) is 0 Å². The van der Waals surface area contributed by atoms with Gasteiger partial charge in [-0.3, -0.25) is 5.43 Å². The van der Waals surface area contributed by atoms with Gasteiger partial charge in [0.1, 0.15) is 0 Å². The standard InChI is InChI=1S/C31H29N5S/c1-21(2)29-30-26(25-15-9-10-16-28(25)36(30)19-22-11-5-3-6-12-22)17-24(33-29)18-32-35-31-34-27(20-37-31)23-13-7-4-8-14-23/h3-18,20-21,31,34-35H,19H2,1-2H3. The summed E-state index contributed by atoms with van der Waals surface area (Å²) < 4.78 is 2.41. The van der Waals surface area contributed by atoms with Crippen LogP contribution in [-0.4, -0.2) is 21.3 Å². The molecule has 3 aromatic carbocycles. The molecule has 6 heteroatoms. The van der Waals surface area contributed by atoms with E-state index in [0.717, 1.165) is 23.6 Å². The van der Waals surface area contributed by atoms with Crippen LogP contribution in [0.3, 0.4) is 0 Å². The fourth-order valence-corrected chi connectivity index (χ4v) is 5.66. The fraction of sp³-hybridized carbons (Fsp3) is 0.161. The number of hydrazone groups is 1. The van der Waals surface area contributed by atoms with Gasteiger partial charge in [-0.2, -0.15) is 5.10 Å². The number of pyridine rings is 1. The Morgan fingerprint density at radius 3 is 2.49 bits per heavy atom. The first-order valence-corrected chi connectivity index (χ1v) is 13.5. The number of nitrogens with one attached hydrogen (secondary N) is 2. The van der Waals surface area contributed by atoms with Gasteiger partial charge in [-0.1, -0.05) is 104 Å². The maximum atomic E-state index is 5.07. The molecule has 0 bridgehead atoms. The Hall–Kier alpha value is -4.03. The predicted molar refractivity (Wildman–Crippen MR) is 157 cm³/mol. The van der Waals surface area contributed by atoms with Crippen molar-refractivity contribution in [3.63, 3.8) is 0 Å². The van der Waals surface area contributed by atoms with Crippen molar-refractivity contribution in [2.24, 2.45) is 5.10 Å². The molecule has 6 rings (SSSR count). The highest BCUT2D eigenvalue weighted by Crippen LogP contribution is 2.34. The number of hydrogen-bond donors (Lipinski definition) is 2. The van der Waals surface area contributed by atoms with E-state index in [1.54, 1.807) is 11.8 Å². The van der Waals surface area contributed by atoms with Gasteiger partial charge in [-0.25, -0.2) is 4.98 Å². The van der Waals surface area contributed by atoms with Crippen molar-refractivity contribution < 1.29 is 0 Å². The molecule has 0 fully saturated rings. The average Bonchev–Trinajstić information content (AvgIpc) is 3.53. The number of thioether (sulfide) groups is 1. The lowest BCUT2D eigenvalue weighted by atomic mass is 10.0. The van der Waals surface area contributed by atoms with Gasteiger partial charge in [0.05, 0.1) is 28.8 Å². The van der Waals surface area contributed by atoms with Crippen LogP contribution in [0.1, 0.15) is 42.3 Å². The first-order chi connectivity index (χ1) is 18.2. The van der Waals surface area contributed by atoms with Gasteiger partial charge in [-0.05, 0) is 34.6 Å². The Morgan fingerprint density at radius 1 is 0.973 bits per heavy atom. The third kappa shape index (κ3) is 4.72. The zero-order valence-electron chi connectivity index (χ0n) is 20.9. The van der Waals surface area contributed by atoms with Crippen molar-refractivity contribution in [3.05, 3.63) is 119 Å². The molecule has 0 saturated carbocycles. The molecule has 0 spiro atoms. The highest BCUT2D eigenvalue weighted by Gasteiger charge is 2.19. The Morgan fingerprint density at radius 2 is 1.70 bits per heavy atom. The van der Waals surface area contributed by atoms with Gasteiger partial charge in [0.2, 0.25) is 0 Å². The number of fused-ring (bicyclic) bond motifs is 3. The molecule has 2 aromatic heterocycles. The van der Waals surface area contributed by atoms with Crippen molar-refractivity contribution >= 4 is 45.5 Å². The zero-order chi connectivity index (χ0) is 25.2. The van der Waals surface area contributed by atoms with E-state index in [9.17, 15) is 0 Å². The molecular formula is C31H29N5S. The topological polar surface area (TPSA) is 54.2 Å². The molecule has 0 radical (unpaired) electrons. The van der Waals surface area contributed by atoms with Gasteiger partial charge in [-0.15, -0.1) is 0 Å². The van der Waals surface area contributed by atoms with Crippen LogP contribution in [0, 0.1) is 0 Å². The average molecular weight is 504 g/mol. The number of rotatable bonds is 7. The smallest absolute Gasteiger partial charge is 0.165 e. The molecule has 5 aromatic rings. The third-order valence-corrected chi connectivity index (χ3v) is 7.47. The highest BCUT2D eigenvalue weighted by molar-refractivity contribution is 8.03. The van der Waals surface area contributed by atoms with Gasteiger partial charge >= 0.3 is 0 Å². The summed E-state index contributed by atoms with van der Waals surface area (Å²) in [5.74, 6) is 0.271. The molecule has 0 amide bonds. The maximum Gasteiger partial charge on any atom is 0.165 e. The van der Waals surface area contributed by atoms with E-state index in [2.05, 4.69) is 112 Å². The Balaban J connectivity index is 1.31. The van der Waals surface area contributed by atoms with Crippen LogP contribution in [0.2, 0.25) is 0 Å². The normalized spacial score (nSPS) is 15.5. The number of nitrogens with zero attached hydrogens (tertiary/aromatic N) is 3. The Bertz CT molecular complexity index is 1600. The second-order valence-electron chi connectivity index (χ2n) is 9.52. The van der Waals surface area contributed by atoms with Crippen LogP contribution < -0.4 is 10.7 Å². The number of hydrogen-bond acceptors (Lipinski definition) is 5. The lowest BCUT2D eigenvalue weighted by Crippen LogP contribution is -2.31. The lowest BCUT2D eigenvalue weighted by Gasteiger charge is -2.14. The van der Waals surface area contributed by atoms with E-state index in [1.165, 1.54) is 32.9 Å². The SMILES string of the molecule is CC(C)c1nc(C=NNC2NC(c3ccccc3)=CS2)cc2c3ccccc3n(Cc3ccccc3)c12. The van der Waals surface area contributed by atoms with Gasteiger partial charge in [0.25, 0.3) is 0 Å². The molecule has 0 aliphatic carbocycles. The number of aromatic nitrogens is 2. The first kappa shape index (κ1) is 23.4. The highest BCUT2D eigenvalue weighted by atomic mass is 32.2. The molecule has 184 valence electrons. The minimum Gasteiger partial charge on any atom is -0.355 e. The monoisotopic (exact) mass is 503 g/mol. The van der Waals surface area contributed by atoms with Crippen LogP contribution in [0.4, 0.5) is 0 Å². The summed E-state index contributed by atoms with van der Waals surface area (Å²) in [5.41, 5.74) is 11.1. The van der Waals surface area contributed by atoms with Gasteiger partial charge in [0, 0.05) is 22.8 Å². The summed E-state index contributed by atoms with van der Waals surface area (Å²) >= 11 is 1.68. The van der Waals surface area contributed by atoms with Crippen LogP contribution in [-0.2, 0) is 6.54 Å². The van der Waals surface area contributed by atoms with Crippen molar-refractivity contribution in [2.45, 2.75) is 31.8 Å². The third-order valence-electron chi connectivity index (χ3n) is 6.61. The minimum atomic E-state index is -0.0208. The summed E-state index contributed by atoms with van der Waals surface area (Å²) in [5, 5.41) is 12.6. The molecule has 37 heavy (non-hydrogen) atoms. The first-order valence-electron chi connectivity index (χ1n) is 12.6. The van der Waals surface area contributed by atoms with Crippen LogP contribution in [0.25, 0.3) is 27.5 Å². The predicted octanol–water partition coefficient (Wildman–Crippen LogP) is 6.90. The molecule has 1 aliphatic rings. The molecule has 2 N–H and O–H groups in total. The summed E-state index contributed by atoms with van der Waals surface area (Å²) in [6.45, 7) is 5.23. The summed E-state index contributed by atoms with van der Waals surface area (Å²) in [6, 6.07) is 31.8. The maximum absolute atomic E-state index is 5.07. The van der Waals surface area contributed by atoms with Gasteiger partial charge < -0.3 is 9.88 Å². The molecule has 5 nitrogen and oxygen atoms in total. The van der Waals surface area contributed by atoms with E-state index >= 15 is 0 Å². The molecule has 0 saturated heterocycles. The summed E-state index contributed by atoms with van der Waals surface area (Å²) in [7, 11) is 0. The second kappa shape index (κ2) is 10.1. The zero-order valence-corrected chi connectivity index (χ0v) is 21.7. The molecule has 1 atom stereocenters. The fourth-order valence-electron chi connectivity index (χ4n) is 4.87. The van der Waals surface area contributed by atoms with Gasteiger partial charge in [0.15, 0.2) is 5.50 Å². The van der Waals surface area contributed by atoms with E-state index < -0.39 is 0 Å². The van der Waals surface area contributed by atoms with E-state index in [4.69, 9.17) is 4.98 Å². The largest absolute Gasteiger partial charge is 0.355 e. The Kier molecular flexibility index (Phi) is 6.41. The van der Waals surface area contributed by atoms with E-state index in [-0.39, 0.29) is 11.4 Å². The second-order valence-corrected chi connectivity index (χ2v) is 10.5. The molecular weight excluding hydrogens is 474 g/mol. The van der Waals surface area contributed by atoms with Crippen molar-refractivity contribution in [3.8, 4) is 0 Å². The molecule has 1 aliphatic heterocycles. The quantitative estimate of drug-likeness (QED) is 0.187.